The lowest BCUT2D eigenvalue weighted by molar-refractivity contribution is -0.132. The minimum atomic E-state index is -0.839. The monoisotopic (exact) mass is 182 g/mol. The van der Waals surface area contributed by atoms with Crippen molar-refractivity contribution in [3.05, 3.63) is 0 Å². The molecule has 0 aliphatic carbocycles. The number of ether oxygens (including phenoxy) is 1. The van der Waals surface area contributed by atoms with Crippen molar-refractivity contribution in [3.63, 3.8) is 0 Å². The van der Waals surface area contributed by atoms with Gasteiger partial charge in [-0.1, -0.05) is 0 Å². The fourth-order valence-corrected chi connectivity index (χ4v) is 1.44. The highest BCUT2D eigenvalue weighted by atomic mass is 16.5. The molecule has 1 heterocycles. The van der Waals surface area contributed by atoms with E-state index < -0.39 is 5.41 Å². The summed E-state index contributed by atoms with van der Waals surface area (Å²) in [5.74, 6) is -0.152. The molecule has 1 fully saturated rings. The molecule has 0 aromatic carbocycles. The summed E-state index contributed by atoms with van der Waals surface area (Å²) in [5.41, 5.74) is -0.839. The number of carbonyl (C=O) groups excluding carboxylic acids is 1. The van der Waals surface area contributed by atoms with Crippen LogP contribution in [-0.2, 0) is 9.53 Å². The van der Waals surface area contributed by atoms with Crippen LogP contribution in [0.3, 0.4) is 0 Å². The molecular weight excluding hydrogens is 168 g/mol. The van der Waals surface area contributed by atoms with Crippen LogP contribution >= 0.6 is 0 Å². The van der Waals surface area contributed by atoms with E-state index in [-0.39, 0.29) is 5.91 Å². The summed E-state index contributed by atoms with van der Waals surface area (Å²) in [6.07, 6.45) is 1.02. The Morgan fingerprint density at radius 1 is 1.62 bits per heavy atom. The summed E-state index contributed by atoms with van der Waals surface area (Å²) < 4.78 is 5.12. The van der Waals surface area contributed by atoms with Gasteiger partial charge in [-0.2, -0.15) is 5.26 Å². The number of amides is 1. The topological polar surface area (TPSA) is 62.1 Å². The fraction of sp³-hybridized carbons (Fsp3) is 0.778. The molecule has 0 saturated carbocycles. The van der Waals surface area contributed by atoms with Gasteiger partial charge in [-0.25, -0.2) is 0 Å². The molecular formula is C9H14N2O2. The summed E-state index contributed by atoms with van der Waals surface area (Å²) in [7, 11) is 0. The molecule has 0 aromatic heterocycles. The van der Waals surface area contributed by atoms with Gasteiger partial charge in [-0.3, -0.25) is 4.79 Å². The first-order valence-corrected chi connectivity index (χ1v) is 4.52. The van der Waals surface area contributed by atoms with Gasteiger partial charge >= 0.3 is 0 Å². The molecule has 1 amide bonds. The normalized spacial score (nSPS) is 20.3. The number of carbonyl (C=O) groups is 1. The molecule has 1 aliphatic rings. The van der Waals surface area contributed by atoms with Gasteiger partial charge in [0.25, 0.3) is 0 Å². The van der Waals surface area contributed by atoms with Gasteiger partial charge in [0.05, 0.1) is 6.07 Å². The van der Waals surface area contributed by atoms with E-state index in [0.29, 0.717) is 32.6 Å². The van der Waals surface area contributed by atoms with E-state index in [1.165, 1.54) is 0 Å². The first-order chi connectivity index (χ1) is 6.25. The standard InChI is InChI=1S/C9H14N2O2/c1-2-11-8(12)9(7-10)3-5-13-6-4-9/h2-6H2,1H3,(H,11,12). The third-order valence-electron chi connectivity index (χ3n) is 2.33. The Hall–Kier alpha value is -1.08. The predicted molar refractivity (Wildman–Crippen MR) is 46.8 cm³/mol. The van der Waals surface area contributed by atoms with E-state index in [1.807, 2.05) is 6.92 Å². The van der Waals surface area contributed by atoms with Crippen LogP contribution in [0.2, 0.25) is 0 Å². The van der Waals surface area contributed by atoms with E-state index in [2.05, 4.69) is 11.4 Å². The van der Waals surface area contributed by atoms with Crippen molar-refractivity contribution in [2.45, 2.75) is 19.8 Å². The Morgan fingerprint density at radius 3 is 2.69 bits per heavy atom. The molecule has 4 nitrogen and oxygen atoms in total. The van der Waals surface area contributed by atoms with Crippen LogP contribution in [0.5, 0.6) is 0 Å². The zero-order chi connectivity index (χ0) is 9.73. The highest BCUT2D eigenvalue weighted by Crippen LogP contribution is 2.29. The Bertz CT molecular complexity index is 226. The van der Waals surface area contributed by atoms with E-state index in [9.17, 15) is 4.79 Å². The fourth-order valence-electron chi connectivity index (χ4n) is 1.44. The summed E-state index contributed by atoms with van der Waals surface area (Å²) in [6, 6.07) is 2.11. The molecule has 1 N–H and O–H groups in total. The van der Waals surface area contributed by atoms with E-state index in [1.54, 1.807) is 0 Å². The number of hydrogen-bond donors (Lipinski definition) is 1. The largest absolute Gasteiger partial charge is 0.381 e. The van der Waals surface area contributed by atoms with Crippen molar-refractivity contribution in [1.29, 1.82) is 5.26 Å². The van der Waals surface area contributed by atoms with Crippen LogP contribution in [0.25, 0.3) is 0 Å². The first kappa shape index (κ1) is 10.0. The van der Waals surface area contributed by atoms with Crippen LogP contribution in [0, 0.1) is 16.7 Å². The highest BCUT2D eigenvalue weighted by Gasteiger charge is 2.39. The van der Waals surface area contributed by atoms with Crippen LogP contribution in [0.15, 0.2) is 0 Å². The molecule has 0 aromatic rings. The summed E-state index contributed by atoms with van der Waals surface area (Å²) >= 11 is 0. The lowest BCUT2D eigenvalue weighted by Gasteiger charge is -2.28. The number of nitriles is 1. The van der Waals surface area contributed by atoms with E-state index >= 15 is 0 Å². The zero-order valence-electron chi connectivity index (χ0n) is 7.80. The quantitative estimate of drug-likeness (QED) is 0.674. The molecule has 0 radical (unpaired) electrons. The molecule has 72 valence electrons. The van der Waals surface area contributed by atoms with Crippen molar-refractivity contribution in [3.8, 4) is 6.07 Å². The van der Waals surface area contributed by atoms with Gasteiger partial charge < -0.3 is 10.1 Å². The average Bonchev–Trinajstić information content (AvgIpc) is 2.19. The lowest BCUT2D eigenvalue weighted by atomic mass is 9.81. The Morgan fingerprint density at radius 2 is 2.23 bits per heavy atom. The maximum atomic E-state index is 11.6. The Labute approximate surface area is 77.9 Å². The summed E-state index contributed by atoms with van der Waals surface area (Å²) in [4.78, 5) is 11.6. The predicted octanol–water partition coefficient (Wildman–Crippen LogP) is 0.443. The van der Waals surface area contributed by atoms with Gasteiger partial charge in [0, 0.05) is 19.8 Å². The van der Waals surface area contributed by atoms with Gasteiger partial charge in [0.2, 0.25) is 5.91 Å². The molecule has 4 heteroatoms. The SMILES string of the molecule is CCNC(=O)C1(C#N)CCOCC1. The molecule has 0 bridgehead atoms. The number of nitrogens with one attached hydrogen (secondary N) is 1. The van der Waals surface area contributed by atoms with Gasteiger partial charge in [0.1, 0.15) is 5.41 Å². The summed E-state index contributed by atoms with van der Waals surface area (Å²) in [5, 5.41) is 11.7. The zero-order valence-corrected chi connectivity index (χ0v) is 7.80. The van der Waals surface area contributed by atoms with Gasteiger partial charge in [0.15, 0.2) is 0 Å². The second-order valence-corrected chi connectivity index (χ2v) is 3.17. The van der Waals surface area contributed by atoms with Crippen LogP contribution in [0.1, 0.15) is 19.8 Å². The minimum Gasteiger partial charge on any atom is -0.381 e. The molecule has 1 rings (SSSR count). The summed E-state index contributed by atoms with van der Waals surface area (Å²) in [6.45, 7) is 3.43. The smallest absolute Gasteiger partial charge is 0.240 e. The van der Waals surface area contributed by atoms with Crippen LogP contribution in [-0.4, -0.2) is 25.7 Å². The van der Waals surface area contributed by atoms with Crippen LogP contribution < -0.4 is 5.32 Å². The highest BCUT2D eigenvalue weighted by molar-refractivity contribution is 5.85. The molecule has 0 spiro atoms. The first-order valence-electron chi connectivity index (χ1n) is 4.52. The number of nitrogens with zero attached hydrogens (tertiary/aromatic N) is 1. The van der Waals surface area contributed by atoms with Crippen molar-refractivity contribution < 1.29 is 9.53 Å². The third kappa shape index (κ3) is 1.99. The van der Waals surface area contributed by atoms with Gasteiger partial charge in [-0.15, -0.1) is 0 Å². The molecule has 13 heavy (non-hydrogen) atoms. The third-order valence-corrected chi connectivity index (χ3v) is 2.33. The minimum absolute atomic E-state index is 0.152. The number of hydrogen-bond acceptors (Lipinski definition) is 3. The second-order valence-electron chi connectivity index (χ2n) is 3.17. The van der Waals surface area contributed by atoms with Gasteiger partial charge in [-0.05, 0) is 19.8 Å². The molecule has 1 aliphatic heterocycles. The molecule has 1 saturated heterocycles. The maximum Gasteiger partial charge on any atom is 0.240 e. The van der Waals surface area contributed by atoms with Crippen LogP contribution in [0.4, 0.5) is 0 Å². The second kappa shape index (κ2) is 4.24. The van der Waals surface area contributed by atoms with Crippen molar-refractivity contribution in [1.82, 2.24) is 5.32 Å². The van der Waals surface area contributed by atoms with Crippen molar-refractivity contribution in [2.75, 3.05) is 19.8 Å². The lowest BCUT2D eigenvalue weighted by Crippen LogP contribution is -2.43. The number of rotatable bonds is 2. The van der Waals surface area contributed by atoms with Crippen molar-refractivity contribution in [2.24, 2.45) is 5.41 Å². The van der Waals surface area contributed by atoms with E-state index in [4.69, 9.17) is 10.00 Å². The van der Waals surface area contributed by atoms with Crippen molar-refractivity contribution >= 4 is 5.91 Å². The maximum absolute atomic E-state index is 11.6. The molecule has 0 atom stereocenters. The Kier molecular flexibility index (Phi) is 3.26. The van der Waals surface area contributed by atoms with E-state index in [0.717, 1.165) is 0 Å². The Balaban J connectivity index is 2.68. The average molecular weight is 182 g/mol. The molecule has 0 unspecified atom stereocenters.